The van der Waals surface area contributed by atoms with Crippen LogP contribution in [0.1, 0.15) is 0 Å². The van der Waals surface area contributed by atoms with Crippen LogP contribution in [0.3, 0.4) is 0 Å². The van der Waals surface area contributed by atoms with Gasteiger partial charge < -0.3 is 93.3 Å². The van der Waals surface area contributed by atoms with Gasteiger partial charge in [-0.25, -0.2) is 13.7 Å². The van der Waals surface area contributed by atoms with Crippen molar-refractivity contribution in [3.8, 4) is 0 Å². The van der Waals surface area contributed by atoms with E-state index in [0.717, 1.165) is 0 Å². The minimum absolute atomic E-state index is 0.0417. The molecular formula is C12H29N24O10P3. The zero-order chi connectivity index (χ0) is 38.3. The molecule has 0 fully saturated rings. The molecular weight excluding hydrogens is 733 g/mol. The molecule has 0 bridgehead atoms. The third kappa shape index (κ3) is 23.1. The van der Waals surface area contributed by atoms with Crippen molar-refractivity contribution in [2.24, 2.45) is 0 Å². The van der Waals surface area contributed by atoms with E-state index in [4.69, 9.17) is 93.3 Å². The smallest absolute Gasteiger partial charge is 0.368 e. The standard InChI is InChI=1S/4C3H6N6.H5O10P3/c4*4-1-7-2(5)9-3(6)8-1;1-11(2,3)9-13(7,8)10-12(4,5)6/h4*(H6,4,5,6,7,8,9);(H,7,8)(H2,1,2,3)(H2,4,5,6). The first kappa shape index (κ1) is 43.0. The number of rotatable bonds is 4. The summed E-state index contributed by atoms with van der Waals surface area (Å²) in [6.07, 6.45) is 0. The Morgan fingerprint density at radius 1 is 0.306 bits per heavy atom. The quantitative estimate of drug-likeness (QED) is 0.0860. The lowest BCUT2D eigenvalue weighted by molar-refractivity contribution is 0.204. The van der Waals surface area contributed by atoms with E-state index in [1.54, 1.807) is 0 Å². The van der Waals surface area contributed by atoms with E-state index >= 15 is 0 Å². The van der Waals surface area contributed by atoms with Gasteiger partial charge in [-0.3, -0.25) is 0 Å². The fraction of sp³-hybridized carbons (Fsp3) is 0. The second-order valence-electron chi connectivity index (χ2n) is 7.25. The third-order valence-corrected chi connectivity index (χ3v) is 6.52. The molecule has 4 heterocycles. The van der Waals surface area contributed by atoms with Crippen LogP contribution in [0.4, 0.5) is 71.4 Å². The van der Waals surface area contributed by atoms with Crippen molar-refractivity contribution in [1.29, 1.82) is 0 Å². The number of aromatic nitrogens is 12. The first-order valence-electron chi connectivity index (χ1n) is 11.1. The van der Waals surface area contributed by atoms with Gasteiger partial charge in [0.2, 0.25) is 71.4 Å². The van der Waals surface area contributed by atoms with Gasteiger partial charge in [-0.15, -0.1) is 0 Å². The highest BCUT2D eigenvalue weighted by Crippen LogP contribution is 2.64. The summed E-state index contributed by atoms with van der Waals surface area (Å²) in [7, 11) is -16.2. The van der Waals surface area contributed by atoms with Crippen LogP contribution in [0, 0.1) is 0 Å². The summed E-state index contributed by atoms with van der Waals surface area (Å²) in [6.45, 7) is 0. The molecule has 4 aromatic heterocycles. The average molecular weight is 762 g/mol. The molecule has 0 aliphatic carbocycles. The van der Waals surface area contributed by atoms with Crippen LogP contribution in [0.15, 0.2) is 0 Å². The minimum atomic E-state index is -5.46. The molecule has 0 saturated heterocycles. The molecule has 0 atom stereocenters. The fourth-order valence-corrected chi connectivity index (χ4v) is 4.53. The van der Waals surface area contributed by atoms with Crippen LogP contribution >= 0.6 is 23.5 Å². The number of hydrogen-bond acceptors (Lipinski definition) is 29. The van der Waals surface area contributed by atoms with Crippen molar-refractivity contribution < 1.29 is 46.8 Å². The molecule has 29 N–H and O–H groups in total. The summed E-state index contributed by atoms with van der Waals surface area (Å²) >= 11 is 0. The van der Waals surface area contributed by atoms with Gasteiger partial charge in [-0.2, -0.15) is 68.4 Å². The first-order valence-corrected chi connectivity index (χ1v) is 15.7. The van der Waals surface area contributed by atoms with Crippen LogP contribution < -0.4 is 68.8 Å². The lowest BCUT2D eigenvalue weighted by atomic mass is 10.9. The Hall–Kier alpha value is -5.95. The Morgan fingerprint density at radius 2 is 0.408 bits per heavy atom. The Balaban J connectivity index is 0.000000592. The molecule has 49 heavy (non-hydrogen) atoms. The molecule has 0 radical (unpaired) electrons. The summed E-state index contributed by atoms with van der Waals surface area (Å²) in [5.74, 6) is 0.500. The maximum Gasteiger partial charge on any atom is 0.490 e. The number of hydrogen-bond donors (Lipinski definition) is 17. The van der Waals surface area contributed by atoms with Crippen LogP contribution in [0.25, 0.3) is 0 Å². The highest BCUT2D eigenvalue weighted by Gasteiger charge is 2.38. The number of phosphoric acid groups is 3. The molecule has 0 amide bonds. The molecule has 0 aliphatic heterocycles. The normalized spacial score (nSPS) is 10.7. The molecule has 0 aliphatic rings. The molecule has 0 spiro atoms. The van der Waals surface area contributed by atoms with Crippen molar-refractivity contribution in [1.82, 2.24) is 59.8 Å². The molecule has 37 heteroatoms. The van der Waals surface area contributed by atoms with Gasteiger partial charge in [-0.05, 0) is 0 Å². The number of nitrogen functional groups attached to an aromatic ring is 12. The second kappa shape index (κ2) is 18.4. The Kier molecular flexibility index (Phi) is 16.2. The Labute approximate surface area is 270 Å². The van der Waals surface area contributed by atoms with Crippen molar-refractivity contribution in [2.45, 2.75) is 0 Å². The van der Waals surface area contributed by atoms with E-state index in [-0.39, 0.29) is 71.4 Å². The van der Waals surface area contributed by atoms with Crippen LogP contribution in [0.2, 0.25) is 0 Å². The Bertz CT molecular complexity index is 1400. The maximum absolute atomic E-state index is 10.4. The lowest BCUT2D eigenvalue weighted by Gasteiger charge is -2.11. The number of anilines is 12. The van der Waals surface area contributed by atoms with Gasteiger partial charge >= 0.3 is 23.5 Å². The van der Waals surface area contributed by atoms with Gasteiger partial charge in [-0.1, -0.05) is 0 Å². The largest absolute Gasteiger partial charge is 0.490 e. The Morgan fingerprint density at radius 3 is 0.490 bits per heavy atom. The highest BCUT2D eigenvalue weighted by atomic mass is 31.3. The molecule has 0 saturated carbocycles. The van der Waals surface area contributed by atoms with Gasteiger partial charge in [0.15, 0.2) is 0 Å². The monoisotopic (exact) mass is 762 g/mol. The summed E-state index contributed by atoms with van der Waals surface area (Å²) in [6, 6.07) is 0. The van der Waals surface area contributed by atoms with E-state index in [2.05, 4.69) is 68.4 Å². The van der Waals surface area contributed by atoms with Crippen molar-refractivity contribution in [2.75, 3.05) is 68.8 Å². The zero-order valence-electron chi connectivity index (χ0n) is 23.9. The van der Waals surface area contributed by atoms with Gasteiger partial charge in [0.1, 0.15) is 0 Å². The fourth-order valence-electron chi connectivity index (χ4n) is 1.99. The highest BCUT2D eigenvalue weighted by molar-refractivity contribution is 7.66. The number of nitrogens with zero attached hydrogens (tertiary/aromatic N) is 12. The maximum atomic E-state index is 10.4. The molecule has 0 unspecified atom stereocenters. The van der Waals surface area contributed by atoms with Crippen LogP contribution in [-0.2, 0) is 22.3 Å². The van der Waals surface area contributed by atoms with Gasteiger partial charge in [0, 0.05) is 0 Å². The average Bonchev–Trinajstić information content (AvgIpc) is 2.79. The van der Waals surface area contributed by atoms with E-state index in [1.165, 1.54) is 0 Å². The van der Waals surface area contributed by atoms with Crippen molar-refractivity contribution in [3.63, 3.8) is 0 Å². The third-order valence-electron chi connectivity index (χ3n) is 3.17. The summed E-state index contributed by atoms with van der Waals surface area (Å²) in [5, 5.41) is 0. The topological polar surface area (TPSA) is 638 Å². The SMILES string of the molecule is Nc1nc(N)nc(N)n1.Nc1nc(N)nc(N)n1.Nc1nc(N)nc(N)n1.Nc1nc(N)nc(N)n1.O=P(O)(O)OP(=O)(O)OP(=O)(O)O. The molecule has 272 valence electrons. The van der Waals surface area contributed by atoms with E-state index < -0.39 is 23.5 Å². The lowest BCUT2D eigenvalue weighted by Crippen LogP contribution is -2.05. The van der Waals surface area contributed by atoms with E-state index in [0.29, 0.717) is 0 Å². The summed E-state index contributed by atoms with van der Waals surface area (Å²) in [4.78, 5) is 82.1. The predicted molar refractivity (Wildman–Crippen MR) is 168 cm³/mol. The van der Waals surface area contributed by atoms with Crippen molar-refractivity contribution in [3.05, 3.63) is 0 Å². The molecule has 4 rings (SSSR count). The van der Waals surface area contributed by atoms with Crippen LogP contribution in [0.5, 0.6) is 0 Å². The second-order valence-corrected chi connectivity index (χ2v) is 11.5. The molecule has 0 aromatic carbocycles. The molecule has 4 aromatic rings. The summed E-state index contributed by atoms with van der Waals surface area (Å²) in [5.41, 5.74) is 61.6. The van der Waals surface area contributed by atoms with Crippen molar-refractivity contribution >= 4 is 94.8 Å². The first-order chi connectivity index (χ1) is 22.1. The van der Waals surface area contributed by atoms with Gasteiger partial charge in [0.05, 0.1) is 0 Å². The molecule has 34 nitrogen and oxygen atoms in total. The van der Waals surface area contributed by atoms with Crippen LogP contribution in [-0.4, -0.2) is 84.3 Å². The summed E-state index contributed by atoms with van der Waals surface area (Å²) < 4.78 is 36.4. The van der Waals surface area contributed by atoms with E-state index in [9.17, 15) is 13.7 Å². The zero-order valence-corrected chi connectivity index (χ0v) is 26.6. The predicted octanol–water partition coefficient (Wildman–Crippen LogP) is -6.22. The number of nitrogens with two attached hydrogens (primary N) is 12. The minimum Gasteiger partial charge on any atom is -0.368 e. The van der Waals surface area contributed by atoms with Gasteiger partial charge in [0.25, 0.3) is 0 Å². The van der Waals surface area contributed by atoms with E-state index in [1.807, 2.05) is 0 Å².